The largest absolute Gasteiger partial charge is 0.480 e. The molecular formula is C17H25N3O4. The van der Waals surface area contributed by atoms with Gasteiger partial charge in [0.05, 0.1) is 18.4 Å². The van der Waals surface area contributed by atoms with Gasteiger partial charge in [-0.2, -0.15) is 0 Å². The van der Waals surface area contributed by atoms with Gasteiger partial charge in [0.1, 0.15) is 5.60 Å². The van der Waals surface area contributed by atoms with E-state index in [1.165, 1.54) is 7.11 Å². The van der Waals surface area contributed by atoms with Crippen LogP contribution in [0.1, 0.15) is 44.0 Å². The third-order valence-electron chi connectivity index (χ3n) is 3.80. The van der Waals surface area contributed by atoms with E-state index in [4.69, 9.17) is 9.47 Å². The zero-order valence-corrected chi connectivity index (χ0v) is 14.7. The summed E-state index contributed by atoms with van der Waals surface area (Å²) >= 11 is 0. The van der Waals surface area contributed by atoms with E-state index in [1.807, 2.05) is 26.8 Å². The number of hydrogen-bond donors (Lipinski definition) is 1. The van der Waals surface area contributed by atoms with E-state index in [1.54, 1.807) is 6.20 Å². The van der Waals surface area contributed by atoms with Gasteiger partial charge in [-0.3, -0.25) is 4.79 Å². The minimum Gasteiger partial charge on any atom is -0.480 e. The lowest BCUT2D eigenvalue weighted by Gasteiger charge is -2.34. The molecule has 0 aromatic carbocycles. The van der Waals surface area contributed by atoms with Crippen LogP contribution in [0.5, 0.6) is 5.88 Å². The number of alkyl carbamates (subject to hydrolysis) is 1. The maximum Gasteiger partial charge on any atom is 0.407 e. The van der Waals surface area contributed by atoms with Gasteiger partial charge < -0.3 is 19.7 Å². The number of nitrogens with one attached hydrogen (secondary N) is 1. The number of methoxy groups -OCH3 is 1. The molecule has 7 heteroatoms. The molecule has 2 rings (SSSR count). The van der Waals surface area contributed by atoms with Crippen molar-refractivity contribution in [3.05, 3.63) is 17.8 Å². The maximum absolute atomic E-state index is 11.8. The fourth-order valence-corrected chi connectivity index (χ4v) is 2.73. The molecule has 0 atom stereocenters. The Balaban J connectivity index is 1.96. The van der Waals surface area contributed by atoms with E-state index in [-0.39, 0.29) is 12.1 Å². The van der Waals surface area contributed by atoms with Crippen LogP contribution in [-0.4, -0.2) is 49.2 Å². The number of ether oxygens (including phenoxy) is 2. The van der Waals surface area contributed by atoms with Crippen LogP contribution in [0.3, 0.4) is 0 Å². The van der Waals surface area contributed by atoms with Crippen molar-refractivity contribution in [3.63, 3.8) is 0 Å². The van der Waals surface area contributed by atoms with E-state index >= 15 is 0 Å². The number of aldehydes is 1. The molecule has 0 radical (unpaired) electrons. The van der Waals surface area contributed by atoms with Gasteiger partial charge in [0, 0.05) is 25.3 Å². The van der Waals surface area contributed by atoms with Crippen LogP contribution in [0.4, 0.5) is 10.5 Å². The van der Waals surface area contributed by atoms with Crippen LogP contribution in [-0.2, 0) is 4.74 Å². The number of amides is 1. The molecule has 1 aromatic heterocycles. The van der Waals surface area contributed by atoms with E-state index < -0.39 is 5.60 Å². The third-order valence-corrected chi connectivity index (χ3v) is 3.80. The minimum absolute atomic E-state index is 0.0690. The highest BCUT2D eigenvalue weighted by Gasteiger charge is 2.25. The van der Waals surface area contributed by atoms with Crippen molar-refractivity contribution in [2.24, 2.45) is 0 Å². The summed E-state index contributed by atoms with van der Waals surface area (Å²) in [5, 5.41) is 2.90. The van der Waals surface area contributed by atoms with Gasteiger partial charge in [-0.05, 0) is 39.7 Å². The van der Waals surface area contributed by atoms with Crippen molar-refractivity contribution in [1.82, 2.24) is 10.3 Å². The van der Waals surface area contributed by atoms with Gasteiger partial charge in [-0.25, -0.2) is 9.78 Å². The fourth-order valence-electron chi connectivity index (χ4n) is 2.73. The van der Waals surface area contributed by atoms with Crippen molar-refractivity contribution in [3.8, 4) is 5.88 Å². The average molecular weight is 335 g/mol. The number of piperidine rings is 1. The number of hydrogen-bond acceptors (Lipinski definition) is 6. The molecule has 0 bridgehead atoms. The number of carbonyl (C=O) groups is 2. The molecule has 1 N–H and O–H groups in total. The summed E-state index contributed by atoms with van der Waals surface area (Å²) in [7, 11) is 1.50. The van der Waals surface area contributed by atoms with Crippen molar-refractivity contribution in [2.75, 3.05) is 25.1 Å². The number of anilines is 1. The van der Waals surface area contributed by atoms with E-state index in [2.05, 4.69) is 15.2 Å². The van der Waals surface area contributed by atoms with Gasteiger partial charge >= 0.3 is 6.09 Å². The molecule has 1 fully saturated rings. The Labute approximate surface area is 142 Å². The summed E-state index contributed by atoms with van der Waals surface area (Å²) in [4.78, 5) is 29.4. The molecule has 1 aliphatic heterocycles. The molecule has 7 nitrogen and oxygen atoms in total. The lowest BCUT2D eigenvalue weighted by Crippen LogP contribution is -2.46. The number of nitrogens with zero attached hydrogens (tertiary/aromatic N) is 2. The van der Waals surface area contributed by atoms with Crippen molar-refractivity contribution < 1.29 is 19.1 Å². The van der Waals surface area contributed by atoms with Crippen molar-refractivity contribution in [2.45, 2.75) is 45.3 Å². The Morgan fingerprint density at radius 2 is 2.04 bits per heavy atom. The molecule has 24 heavy (non-hydrogen) atoms. The predicted molar refractivity (Wildman–Crippen MR) is 90.8 cm³/mol. The second-order valence-electron chi connectivity index (χ2n) is 6.78. The normalized spacial score (nSPS) is 15.8. The Morgan fingerprint density at radius 3 is 2.58 bits per heavy atom. The van der Waals surface area contributed by atoms with E-state index in [0.29, 0.717) is 11.4 Å². The summed E-state index contributed by atoms with van der Waals surface area (Å²) < 4.78 is 10.4. The highest BCUT2D eigenvalue weighted by Crippen LogP contribution is 2.28. The lowest BCUT2D eigenvalue weighted by molar-refractivity contribution is 0.0497. The van der Waals surface area contributed by atoms with Crippen molar-refractivity contribution in [1.29, 1.82) is 0 Å². The molecule has 1 aliphatic rings. The summed E-state index contributed by atoms with van der Waals surface area (Å²) in [6, 6.07) is 1.88. The van der Waals surface area contributed by atoms with Gasteiger partial charge in [-0.1, -0.05) is 0 Å². The van der Waals surface area contributed by atoms with Crippen LogP contribution in [0.15, 0.2) is 12.3 Å². The molecule has 0 saturated carbocycles. The lowest BCUT2D eigenvalue weighted by atomic mass is 10.0. The van der Waals surface area contributed by atoms with Crippen LogP contribution in [0.2, 0.25) is 0 Å². The Bertz CT molecular complexity index is 590. The van der Waals surface area contributed by atoms with E-state index in [0.717, 1.165) is 37.9 Å². The molecule has 2 heterocycles. The standard InChI is InChI=1S/C17H25N3O4/c1-17(2,3)24-16(22)19-12-6-9-20(10-7-12)14-5-8-18-15(23-4)13(14)11-21/h5,8,11-12H,6-7,9-10H2,1-4H3,(H,19,22). The average Bonchev–Trinajstić information content (AvgIpc) is 2.53. The van der Waals surface area contributed by atoms with Gasteiger partial charge in [0.2, 0.25) is 5.88 Å². The number of pyridine rings is 1. The zero-order chi connectivity index (χ0) is 17.7. The Kier molecular flexibility index (Phi) is 5.64. The third kappa shape index (κ3) is 4.59. The fraction of sp³-hybridized carbons (Fsp3) is 0.588. The van der Waals surface area contributed by atoms with Gasteiger partial charge in [-0.15, -0.1) is 0 Å². The number of rotatable bonds is 4. The molecule has 0 unspecified atom stereocenters. The summed E-state index contributed by atoms with van der Waals surface area (Å²) in [5.74, 6) is 0.330. The first kappa shape index (κ1) is 18.0. The smallest absolute Gasteiger partial charge is 0.407 e. The second-order valence-corrected chi connectivity index (χ2v) is 6.78. The maximum atomic E-state index is 11.8. The molecule has 1 saturated heterocycles. The SMILES string of the molecule is COc1nccc(N2CCC(NC(=O)OC(C)(C)C)CC2)c1C=O. The van der Waals surface area contributed by atoms with Gasteiger partial charge in [0.25, 0.3) is 0 Å². The molecule has 1 amide bonds. The molecule has 0 aliphatic carbocycles. The van der Waals surface area contributed by atoms with Crippen molar-refractivity contribution >= 4 is 18.1 Å². The van der Waals surface area contributed by atoms with E-state index in [9.17, 15) is 9.59 Å². The van der Waals surface area contributed by atoms with Gasteiger partial charge in [0.15, 0.2) is 6.29 Å². The summed E-state index contributed by atoms with van der Waals surface area (Å²) in [6.07, 6.45) is 3.57. The molecule has 132 valence electrons. The summed E-state index contributed by atoms with van der Waals surface area (Å²) in [6.45, 7) is 6.98. The Hall–Kier alpha value is -2.31. The quantitative estimate of drug-likeness (QED) is 0.851. The highest BCUT2D eigenvalue weighted by molar-refractivity contribution is 5.87. The highest BCUT2D eigenvalue weighted by atomic mass is 16.6. The van der Waals surface area contributed by atoms with Crippen LogP contribution >= 0.6 is 0 Å². The first-order chi connectivity index (χ1) is 11.3. The zero-order valence-electron chi connectivity index (χ0n) is 14.7. The predicted octanol–water partition coefficient (Wildman–Crippen LogP) is 2.40. The molecule has 1 aromatic rings. The first-order valence-electron chi connectivity index (χ1n) is 8.06. The van der Waals surface area contributed by atoms with Crippen LogP contribution in [0, 0.1) is 0 Å². The van der Waals surface area contributed by atoms with Crippen LogP contribution < -0.4 is 15.0 Å². The topological polar surface area (TPSA) is 80.8 Å². The van der Waals surface area contributed by atoms with Crippen LogP contribution in [0.25, 0.3) is 0 Å². The first-order valence-corrected chi connectivity index (χ1v) is 8.06. The summed E-state index contributed by atoms with van der Waals surface area (Å²) in [5.41, 5.74) is 0.767. The second kappa shape index (κ2) is 7.51. The Morgan fingerprint density at radius 1 is 1.38 bits per heavy atom. The minimum atomic E-state index is -0.503. The molecular weight excluding hydrogens is 310 g/mol. The monoisotopic (exact) mass is 335 g/mol. The number of carbonyl (C=O) groups excluding carboxylic acids is 2. The molecule has 0 spiro atoms. The number of aromatic nitrogens is 1.